The molecule has 0 aliphatic rings. The highest BCUT2D eigenvalue weighted by Gasteiger charge is 2.22. The van der Waals surface area contributed by atoms with E-state index in [-0.39, 0.29) is 11.8 Å². The highest BCUT2D eigenvalue weighted by molar-refractivity contribution is 5.76. The van der Waals surface area contributed by atoms with Gasteiger partial charge in [0.25, 0.3) is 0 Å². The molecule has 16 heavy (non-hydrogen) atoms. The number of rotatable bonds is 8. The lowest BCUT2D eigenvalue weighted by molar-refractivity contribution is -0.123. The molecule has 0 aliphatic carbocycles. The molecule has 0 saturated heterocycles. The molecular weight excluding hydrogens is 206 g/mol. The van der Waals surface area contributed by atoms with Crippen LogP contribution in [-0.2, 0) is 9.53 Å². The van der Waals surface area contributed by atoms with Crippen molar-refractivity contribution in [3.8, 4) is 0 Å². The van der Waals surface area contributed by atoms with Crippen molar-refractivity contribution >= 4 is 5.91 Å². The summed E-state index contributed by atoms with van der Waals surface area (Å²) in [5.41, 5.74) is -0.764. The minimum absolute atomic E-state index is 0.0233. The second-order valence-electron chi connectivity index (χ2n) is 4.47. The van der Waals surface area contributed by atoms with Crippen molar-refractivity contribution < 1.29 is 14.6 Å². The number of methoxy groups -OCH3 is 1. The lowest BCUT2D eigenvalue weighted by Gasteiger charge is -2.25. The van der Waals surface area contributed by atoms with E-state index in [2.05, 4.69) is 5.32 Å². The minimum atomic E-state index is -0.764. The molecule has 0 aromatic carbocycles. The molecule has 0 bridgehead atoms. The summed E-state index contributed by atoms with van der Waals surface area (Å²) in [7, 11) is 1.63. The zero-order valence-corrected chi connectivity index (χ0v) is 10.9. The van der Waals surface area contributed by atoms with E-state index in [0.29, 0.717) is 32.4 Å². The molecule has 0 saturated carbocycles. The number of amides is 1. The number of aliphatic hydroxyl groups is 1. The molecule has 0 radical (unpaired) electrons. The fourth-order valence-electron chi connectivity index (χ4n) is 1.50. The van der Waals surface area contributed by atoms with E-state index in [0.717, 1.165) is 0 Å². The van der Waals surface area contributed by atoms with Gasteiger partial charge in [0.2, 0.25) is 5.91 Å². The third-order valence-electron chi connectivity index (χ3n) is 2.92. The number of nitrogens with one attached hydrogen (secondary N) is 1. The summed E-state index contributed by atoms with van der Waals surface area (Å²) >= 11 is 0. The molecule has 0 fully saturated rings. The predicted octanol–water partition coefficient (Wildman–Crippen LogP) is 1.33. The van der Waals surface area contributed by atoms with Gasteiger partial charge < -0.3 is 15.2 Å². The standard InChI is InChI=1S/C12H25NO3/c1-5-12(15,6-2)9-13-11(14)7-10(3)8-16-4/h10,15H,5-9H2,1-4H3,(H,13,14). The van der Waals surface area contributed by atoms with Crippen LogP contribution in [0.1, 0.15) is 40.0 Å². The van der Waals surface area contributed by atoms with Gasteiger partial charge in [0.1, 0.15) is 0 Å². The molecule has 2 N–H and O–H groups in total. The van der Waals surface area contributed by atoms with Crippen molar-refractivity contribution in [2.24, 2.45) is 5.92 Å². The average molecular weight is 231 g/mol. The summed E-state index contributed by atoms with van der Waals surface area (Å²) in [4.78, 5) is 11.5. The maximum atomic E-state index is 11.5. The molecule has 0 heterocycles. The molecule has 1 amide bonds. The van der Waals surface area contributed by atoms with E-state index >= 15 is 0 Å². The van der Waals surface area contributed by atoms with Crippen LogP contribution in [0.15, 0.2) is 0 Å². The Morgan fingerprint density at radius 2 is 2.00 bits per heavy atom. The highest BCUT2D eigenvalue weighted by Crippen LogP contribution is 2.13. The zero-order chi connectivity index (χ0) is 12.6. The molecule has 4 nitrogen and oxygen atoms in total. The lowest BCUT2D eigenvalue weighted by Crippen LogP contribution is -2.42. The van der Waals surface area contributed by atoms with Gasteiger partial charge in [0, 0.05) is 26.7 Å². The van der Waals surface area contributed by atoms with Gasteiger partial charge in [-0.3, -0.25) is 4.79 Å². The molecule has 0 aromatic heterocycles. The van der Waals surface area contributed by atoms with Gasteiger partial charge in [-0.2, -0.15) is 0 Å². The number of hydrogen-bond donors (Lipinski definition) is 2. The van der Waals surface area contributed by atoms with E-state index in [4.69, 9.17) is 4.74 Å². The SMILES string of the molecule is CCC(O)(CC)CNC(=O)CC(C)COC. The maximum Gasteiger partial charge on any atom is 0.220 e. The Hall–Kier alpha value is -0.610. The first-order valence-corrected chi connectivity index (χ1v) is 5.95. The predicted molar refractivity (Wildman–Crippen MR) is 64.2 cm³/mol. The Kier molecular flexibility index (Phi) is 7.34. The number of ether oxygens (including phenoxy) is 1. The molecule has 0 aromatic rings. The van der Waals surface area contributed by atoms with Crippen LogP contribution in [0.2, 0.25) is 0 Å². The first-order chi connectivity index (χ1) is 7.47. The summed E-state index contributed by atoms with van der Waals surface area (Å²) in [5, 5.41) is 12.7. The monoisotopic (exact) mass is 231 g/mol. The Balaban J connectivity index is 3.88. The molecule has 0 rings (SSSR count). The fraction of sp³-hybridized carbons (Fsp3) is 0.917. The van der Waals surface area contributed by atoms with Gasteiger partial charge >= 0.3 is 0 Å². The van der Waals surface area contributed by atoms with Gasteiger partial charge in [-0.25, -0.2) is 0 Å². The van der Waals surface area contributed by atoms with Gasteiger partial charge in [-0.1, -0.05) is 20.8 Å². The lowest BCUT2D eigenvalue weighted by atomic mass is 9.97. The molecule has 0 aliphatic heterocycles. The number of carbonyl (C=O) groups is 1. The summed E-state index contributed by atoms with van der Waals surface area (Å²) in [5.74, 6) is 0.186. The van der Waals surface area contributed by atoms with Crippen LogP contribution in [0.3, 0.4) is 0 Å². The second kappa shape index (κ2) is 7.63. The van der Waals surface area contributed by atoms with Crippen LogP contribution < -0.4 is 5.32 Å². The van der Waals surface area contributed by atoms with Crippen LogP contribution in [0.25, 0.3) is 0 Å². The highest BCUT2D eigenvalue weighted by atomic mass is 16.5. The van der Waals surface area contributed by atoms with Crippen molar-refractivity contribution in [2.75, 3.05) is 20.3 Å². The van der Waals surface area contributed by atoms with Crippen molar-refractivity contribution in [2.45, 2.75) is 45.6 Å². The van der Waals surface area contributed by atoms with Crippen LogP contribution in [0.5, 0.6) is 0 Å². The quantitative estimate of drug-likeness (QED) is 0.662. The summed E-state index contributed by atoms with van der Waals surface area (Å²) in [6.45, 7) is 6.72. The molecule has 0 spiro atoms. The Bertz CT molecular complexity index is 202. The first-order valence-electron chi connectivity index (χ1n) is 5.95. The Morgan fingerprint density at radius 3 is 2.44 bits per heavy atom. The second-order valence-corrected chi connectivity index (χ2v) is 4.47. The minimum Gasteiger partial charge on any atom is -0.388 e. The Morgan fingerprint density at radius 1 is 1.44 bits per heavy atom. The molecule has 1 atom stereocenters. The smallest absolute Gasteiger partial charge is 0.220 e. The fourth-order valence-corrected chi connectivity index (χ4v) is 1.50. The van der Waals surface area contributed by atoms with E-state index in [9.17, 15) is 9.90 Å². The molecular formula is C12H25NO3. The molecule has 4 heteroatoms. The van der Waals surface area contributed by atoms with Gasteiger partial charge in [0.05, 0.1) is 5.60 Å². The van der Waals surface area contributed by atoms with Crippen molar-refractivity contribution in [3.63, 3.8) is 0 Å². The van der Waals surface area contributed by atoms with Crippen LogP contribution >= 0.6 is 0 Å². The summed E-state index contributed by atoms with van der Waals surface area (Å²) < 4.78 is 4.96. The van der Waals surface area contributed by atoms with E-state index in [1.165, 1.54) is 0 Å². The summed E-state index contributed by atoms with van der Waals surface area (Å²) in [6.07, 6.45) is 1.74. The number of carbonyl (C=O) groups excluding carboxylic acids is 1. The van der Waals surface area contributed by atoms with Crippen LogP contribution in [0, 0.1) is 5.92 Å². The normalized spacial score (nSPS) is 13.6. The largest absolute Gasteiger partial charge is 0.388 e. The zero-order valence-electron chi connectivity index (χ0n) is 10.9. The van der Waals surface area contributed by atoms with E-state index in [1.807, 2.05) is 20.8 Å². The van der Waals surface area contributed by atoms with Crippen molar-refractivity contribution in [3.05, 3.63) is 0 Å². The van der Waals surface area contributed by atoms with Gasteiger partial charge in [-0.05, 0) is 18.8 Å². The van der Waals surface area contributed by atoms with Crippen LogP contribution in [-0.4, -0.2) is 36.9 Å². The molecule has 96 valence electrons. The van der Waals surface area contributed by atoms with Gasteiger partial charge in [0.15, 0.2) is 0 Å². The van der Waals surface area contributed by atoms with E-state index in [1.54, 1.807) is 7.11 Å². The Labute approximate surface area is 98.4 Å². The van der Waals surface area contributed by atoms with Crippen molar-refractivity contribution in [1.29, 1.82) is 0 Å². The first kappa shape index (κ1) is 15.4. The number of hydrogen-bond acceptors (Lipinski definition) is 3. The third-order valence-corrected chi connectivity index (χ3v) is 2.92. The third kappa shape index (κ3) is 6.08. The van der Waals surface area contributed by atoms with Crippen molar-refractivity contribution in [1.82, 2.24) is 5.32 Å². The molecule has 1 unspecified atom stereocenters. The topological polar surface area (TPSA) is 58.6 Å². The van der Waals surface area contributed by atoms with Crippen LogP contribution in [0.4, 0.5) is 0 Å². The average Bonchev–Trinajstić information content (AvgIpc) is 2.26. The summed E-state index contributed by atoms with van der Waals surface area (Å²) in [6, 6.07) is 0. The maximum absolute atomic E-state index is 11.5. The van der Waals surface area contributed by atoms with E-state index < -0.39 is 5.60 Å². The van der Waals surface area contributed by atoms with Gasteiger partial charge in [-0.15, -0.1) is 0 Å².